The molecular formula is C16H25F2N. The summed E-state index contributed by atoms with van der Waals surface area (Å²) >= 11 is 0. The zero-order chi connectivity index (χ0) is 14.4. The first-order valence-electron chi connectivity index (χ1n) is 7.10. The van der Waals surface area contributed by atoms with Crippen LogP contribution in [0, 0.1) is 17.6 Å². The van der Waals surface area contributed by atoms with Crippen LogP contribution in [0.2, 0.25) is 0 Å². The van der Waals surface area contributed by atoms with Gasteiger partial charge in [0.1, 0.15) is 11.6 Å². The van der Waals surface area contributed by atoms with Crippen LogP contribution in [0.15, 0.2) is 18.2 Å². The van der Waals surface area contributed by atoms with E-state index < -0.39 is 11.6 Å². The summed E-state index contributed by atoms with van der Waals surface area (Å²) in [6, 6.07) is 3.99. The van der Waals surface area contributed by atoms with E-state index in [1.807, 2.05) is 6.92 Å². The molecule has 0 aliphatic rings. The Balaban J connectivity index is 2.47. The molecule has 1 rings (SSSR count). The van der Waals surface area contributed by atoms with E-state index in [-0.39, 0.29) is 6.04 Å². The average molecular weight is 269 g/mol. The summed E-state index contributed by atoms with van der Waals surface area (Å²) < 4.78 is 26.3. The molecule has 0 aliphatic carbocycles. The largest absolute Gasteiger partial charge is 0.308 e. The van der Waals surface area contributed by atoms with Gasteiger partial charge in [-0.15, -0.1) is 0 Å². The highest BCUT2D eigenvalue weighted by Gasteiger charge is 2.11. The van der Waals surface area contributed by atoms with Crippen molar-refractivity contribution in [3.8, 4) is 0 Å². The monoisotopic (exact) mass is 269 g/mol. The zero-order valence-electron chi connectivity index (χ0n) is 12.3. The molecule has 0 amide bonds. The first-order valence-corrected chi connectivity index (χ1v) is 7.10. The van der Waals surface area contributed by atoms with Crippen molar-refractivity contribution in [2.45, 2.75) is 59.0 Å². The highest BCUT2D eigenvalue weighted by molar-refractivity contribution is 5.20. The topological polar surface area (TPSA) is 12.0 Å². The molecule has 0 aromatic heterocycles. The van der Waals surface area contributed by atoms with E-state index in [4.69, 9.17) is 0 Å². The maximum absolute atomic E-state index is 13.1. The number of rotatable bonds is 7. The molecule has 0 radical (unpaired) electrons. The summed E-state index contributed by atoms with van der Waals surface area (Å²) in [4.78, 5) is 0. The lowest BCUT2D eigenvalue weighted by molar-refractivity contribution is 0.422. The van der Waals surface area contributed by atoms with Gasteiger partial charge in [0.25, 0.3) is 0 Å². The van der Waals surface area contributed by atoms with E-state index in [1.165, 1.54) is 25.0 Å². The van der Waals surface area contributed by atoms with Crippen molar-refractivity contribution in [2.75, 3.05) is 0 Å². The van der Waals surface area contributed by atoms with Crippen molar-refractivity contribution in [2.24, 2.45) is 5.92 Å². The molecule has 0 fully saturated rings. The summed E-state index contributed by atoms with van der Waals surface area (Å²) in [6.45, 7) is 8.49. The van der Waals surface area contributed by atoms with Gasteiger partial charge in [0.2, 0.25) is 0 Å². The second-order valence-electron chi connectivity index (χ2n) is 5.82. The Labute approximate surface area is 115 Å². The molecule has 2 atom stereocenters. The lowest BCUT2D eigenvalue weighted by Crippen LogP contribution is -2.29. The summed E-state index contributed by atoms with van der Waals surface area (Å²) in [7, 11) is 0. The van der Waals surface area contributed by atoms with Crippen molar-refractivity contribution in [1.29, 1.82) is 0 Å². The van der Waals surface area contributed by atoms with Crippen LogP contribution in [0.4, 0.5) is 8.78 Å². The van der Waals surface area contributed by atoms with Gasteiger partial charge in [-0.25, -0.2) is 8.78 Å². The highest BCUT2D eigenvalue weighted by Crippen LogP contribution is 2.17. The number of halogens is 2. The number of nitrogens with one attached hydrogen (secondary N) is 1. The molecule has 108 valence electrons. The summed E-state index contributed by atoms with van der Waals surface area (Å²) in [6.07, 6.45) is 3.48. The summed E-state index contributed by atoms with van der Waals surface area (Å²) in [5.41, 5.74) is 0.660. The second-order valence-corrected chi connectivity index (χ2v) is 5.82. The van der Waals surface area contributed by atoms with Crippen LogP contribution < -0.4 is 5.32 Å². The van der Waals surface area contributed by atoms with E-state index in [0.717, 1.165) is 18.4 Å². The van der Waals surface area contributed by atoms with E-state index in [2.05, 4.69) is 26.1 Å². The lowest BCUT2D eigenvalue weighted by atomic mass is 10.0. The fourth-order valence-corrected chi connectivity index (χ4v) is 2.26. The molecule has 1 aromatic carbocycles. The van der Waals surface area contributed by atoms with Crippen molar-refractivity contribution in [1.82, 2.24) is 5.32 Å². The van der Waals surface area contributed by atoms with Crippen LogP contribution in [0.1, 0.15) is 58.6 Å². The fraction of sp³-hybridized carbons (Fsp3) is 0.625. The molecule has 0 spiro atoms. The van der Waals surface area contributed by atoms with Crippen LogP contribution in [0.25, 0.3) is 0 Å². The van der Waals surface area contributed by atoms with Gasteiger partial charge in [0.05, 0.1) is 0 Å². The van der Waals surface area contributed by atoms with Crippen LogP contribution in [-0.4, -0.2) is 6.04 Å². The quantitative estimate of drug-likeness (QED) is 0.747. The van der Waals surface area contributed by atoms with Gasteiger partial charge in [-0.2, -0.15) is 0 Å². The predicted molar refractivity (Wildman–Crippen MR) is 76.1 cm³/mol. The van der Waals surface area contributed by atoms with Gasteiger partial charge in [-0.05, 0) is 43.9 Å². The Hall–Kier alpha value is -0.960. The third-order valence-corrected chi connectivity index (χ3v) is 3.34. The Kier molecular flexibility index (Phi) is 6.43. The fourth-order valence-electron chi connectivity index (χ4n) is 2.26. The van der Waals surface area contributed by atoms with Gasteiger partial charge >= 0.3 is 0 Å². The lowest BCUT2D eigenvalue weighted by Gasteiger charge is -2.21. The van der Waals surface area contributed by atoms with Crippen LogP contribution in [0.3, 0.4) is 0 Å². The molecule has 0 aliphatic heterocycles. The molecule has 0 heterocycles. The van der Waals surface area contributed by atoms with E-state index in [0.29, 0.717) is 11.6 Å². The Morgan fingerprint density at radius 3 is 2.05 bits per heavy atom. The summed E-state index contributed by atoms with van der Waals surface area (Å²) in [5.74, 6) is -0.311. The van der Waals surface area contributed by atoms with Gasteiger partial charge in [-0.3, -0.25) is 0 Å². The standard InChI is InChI=1S/C16H25F2N/c1-11(2)6-5-7-12(3)19-13(4)14-8-15(17)10-16(18)9-14/h8-13,19H,5-7H2,1-4H3. The predicted octanol–water partition coefficient (Wildman–Crippen LogP) is 4.83. The van der Waals surface area contributed by atoms with Gasteiger partial charge in [0, 0.05) is 18.2 Å². The molecule has 19 heavy (non-hydrogen) atoms. The minimum absolute atomic E-state index is 0.0424. The molecule has 0 bridgehead atoms. The normalized spacial score (nSPS) is 14.7. The zero-order valence-corrected chi connectivity index (χ0v) is 12.3. The molecule has 1 nitrogen and oxygen atoms in total. The first kappa shape index (κ1) is 16.1. The van der Waals surface area contributed by atoms with E-state index in [9.17, 15) is 8.78 Å². The minimum atomic E-state index is -0.517. The maximum atomic E-state index is 13.1. The van der Waals surface area contributed by atoms with E-state index in [1.54, 1.807) is 0 Å². The second kappa shape index (κ2) is 7.59. The molecule has 1 aromatic rings. The first-order chi connectivity index (χ1) is 8.88. The smallest absolute Gasteiger partial charge is 0.126 e. The third-order valence-electron chi connectivity index (χ3n) is 3.34. The molecule has 1 N–H and O–H groups in total. The minimum Gasteiger partial charge on any atom is -0.308 e. The maximum Gasteiger partial charge on any atom is 0.126 e. The van der Waals surface area contributed by atoms with Crippen molar-refractivity contribution < 1.29 is 8.78 Å². The summed E-state index contributed by atoms with van der Waals surface area (Å²) in [5, 5.41) is 3.39. The Bertz CT molecular complexity index is 370. The van der Waals surface area contributed by atoms with Crippen molar-refractivity contribution in [3.63, 3.8) is 0 Å². The van der Waals surface area contributed by atoms with Crippen LogP contribution in [0.5, 0.6) is 0 Å². The molecule has 2 unspecified atom stereocenters. The Morgan fingerprint density at radius 1 is 0.947 bits per heavy atom. The Morgan fingerprint density at radius 2 is 1.53 bits per heavy atom. The highest BCUT2D eigenvalue weighted by atomic mass is 19.1. The SMILES string of the molecule is CC(C)CCCC(C)NC(C)c1cc(F)cc(F)c1. The third kappa shape index (κ3) is 6.15. The van der Waals surface area contributed by atoms with Gasteiger partial charge in [-0.1, -0.05) is 26.7 Å². The number of benzene rings is 1. The van der Waals surface area contributed by atoms with Gasteiger partial charge < -0.3 is 5.32 Å². The number of hydrogen-bond donors (Lipinski definition) is 1. The van der Waals surface area contributed by atoms with Crippen LogP contribution in [-0.2, 0) is 0 Å². The van der Waals surface area contributed by atoms with Crippen LogP contribution >= 0.6 is 0 Å². The van der Waals surface area contributed by atoms with Crippen molar-refractivity contribution in [3.05, 3.63) is 35.4 Å². The molecule has 3 heteroatoms. The molecule has 0 saturated heterocycles. The molecular weight excluding hydrogens is 244 g/mol. The average Bonchev–Trinajstić information content (AvgIpc) is 2.26. The number of hydrogen-bond acceptors (Lipinski definition) is 1. The van der Waals surface area contributed by atoms with Crippen molar-refractivity contribution >= 4 is 0 Å². The molecule has 0 saturated carbocycles. The van der Waals surface area contributed by atoms with E-state index >= 15 is 0 Å². The van der Waals surface area contributed by atoms with Gasteiger partial charge in [0.15, 0.2) is 0 Å².